The fraction of sp³-hybridized carbons (Fsp3) is 0.300. The molecule has 23 heavy (non-hydrogen) atoms. The van der Waals surface area contributed by atoms with Crippen LogP contribution in [0.2, 0.25) is 0 Å². The summed E-state index contributed by atoms with van der Waals surface area (Å²) >= 11 is 0. The second-order valence-electron chi connectivity index (χ2n) is 6.72. The van der Waals surface area contributed by atoms with Gasteiger partial charge in [0.2, 0.25) is 0 Å². The first-order chi connectivity index (χ1) is 10.8. The van der Waals surface area contributed by atoms with E-state index in [1.165, 1.54) is 16.3 Å². The van der Waals surface area contributed by atoms with Gasteiger partial charge in [0.25, 0.3) is 0 Å². The lowest BCUT2D eigenvalue weighted by molar-refractivity contribution is 0.101. The van der Waals surface area contributed by atoms with Gasteiger partial charge in [-0.15, -0.1) is 0 Å². The molecule has 0 aromatic heterocycles. The van der Waals surface area contributed by atoms with Crippen LogP contribution in [-0.2, 0) is 0 Å². The topological polar surface area (TPSA) is 6.48 Å². The Morgan fingerprint density at radius 2 is 1.30 bits per heavy atom. The highest BCUT2D eigenvalue weighted by molar-refractivity contribution is 6.56. The van der Waals surface area contributed by atoms with Crippen LogP contribution in [0.4, 0.5) is 0 Å². The molecule has 122 valence electrons. The van der Waals surface area contributed by atoms with Crippen LogP contribution < -0.4 is 5.19 Å². The first-order valence-corrected chi connectivity index (χ1v) is 9.44. The van der Waals surface area contributed by atoms with E-state index in [0.717, 1.165) is 5.57 Å². The zero-order valence-corrected chi connectivity index (χ0v) is 16.4. The van der Waals surface area contributed by atoms with Crippen LogP contribution >= 0.6 is 0 Å². The molecule has 0 saturated heterocycles. The average Bonchev–Trinajstić information content (AvgIpc) is 2.55. The van der Waals surface area contributed by atoms with Crippen LogP contribution in [0, 0.1) is 0 Å². The zero-order chi connectivity index (χ0) is 17.0. The Morgan fingerprint density at radius 3 is 1.78 bits per heavy atom. The number of nitrogens with zero attached hydrogens (tertiary/aromatic N) is 2. The third-order valence-corrected chi connectivity index (χ3v) is 7.70. The molecule has 0 N–H and O–H groups in total. The van der Waals surface area contributed by atoms with Gasteiger partial charge >= 0.3 is 0 Å². The van der Waals surface area contributed by atoms with Crippen LogP contribution in [0.5, 0.6) is 0 Å². The molecular weight excluding hydrogens is 296 g/mol. The monoisotopic (exact) mass is 324 g/mol. The van der Waals surface area contributed by atoms with Crippen molar-refractivity contribution in [2.24, 2.45) is 0 Å². The van der Waals surface area contributed by atoms with Crippen molar-refractivity contribution in [2.75, 3.05) is 28.2 Å². The smallest absolute Gasteiger partial charge is 0.0958 e. The summed E-state index contributed by atoms with van der Waals surface area (Å²) in [5, 5.41) is 1.61. The molecule has 0 radical (unpaired) electrons. The second-order valence-corrected chi connectivity index (χ2v) is 9.23. The predicted molar refractivity (Wildman–Crippen MR) is 105 cm³/mol. The molecular formula is C20H28N2Si. The maximum Gasteiger partial charge on any atom is 0.0958 e. The predicted octanol–water partition coefficient (Wildman–Crippen LogP) is 2.34. The molecule has 2 nitrogen and oxygen atoms in total. The van der Waals surface area contributed by atoms with Gasteiger partial charge in [0.05, 0.1) is 14.8 Å². The highest BCUT2D eigenvalue weighted by Gasteiger charge is 2.29. The Kier molecular flexibility index (Phi) is 5.58. The fourth-order valence-corrected chi connectivity index (χ4v) is 4.61. The average molecular weight is 325 g/mol. The SMILES string of the molecule is C=C(c1ccccc1)c1ccc([SiH2]C(C)(N(C)C)N(C)C)cc1. The standard InChI is InChI=1S/C20H28N2Si/c1-16(17-10-8-7-9-11-17)18-12-14-19(15-13-18)23-20(2,21(3)4)22(5)6/h7-15H,1,23H2,2-6H3. The summed E-state index contributed by atoms with van der Waals surface area (Å²) in [4.78, 5) is 4.66. The largest absolute Gasteiger partial charge is 0.295 e. The van der Waals surface area contributed by atoms with Crippen molar-refractivity contribution in [3.05, 3.63) is 72.3 Å². The van der Waals surface area contributed by atoms with Crippen molar-refractivity contribution < 1.29 is 0 Å². The molecule has 0 heterocycles. The number of rotatable bonds is 6. The Labute approximate surface area is 143 Å². The molecule has 0 saturated carbocycles. The van der Waals surface area contributed by atoms with Gasteiger partial charge in [-0.2, -0.15) is 0 Å². The summed E-state index contributed by atoms with van der Waals surface area (Å²) in [6.45, 7) is 6.58. The van der Waals surface area contributed by atoms with Crippen molar-refractivity contribution in [1.29, 1.82) is 0 Å². The molecule has 0 fully saturated rings. The van der Waals surface area contributed by atoms with Gasteiger partial charge in [-0.25, -0.2) is 0 Å². The highest BCUT2D eigenvalue weighted by Crippen LogP contribution is 2.20. The van der Waals surface area contributed by atoms with Crippen LogP contribution in [0.25, 0.3) is 5.57 Å². The molecule has 2 rings (SSSR count). The highest BCUT2D eigenvalue weighted by atomic mass is 28.2. The fourth-order valence-electron chi connectivity index (χ4n) is 2.73. The number of benzene rings is 2. The normalized spacial score (nSPS) is 12.5. The second kappa shape index (κ2) is 7.26. The van der Waals surface area contributed by atoms with Gasteiger partial charge in [0.15, 0.2) is 0 Å². The molecule has 0 spiro atoms. The molecule has 0 atom stereocenters. The van der Waals surface area contributed by atoms with Crippen molar-refractivity contribution >= 4 is 20.3 Å². The summed E-state index contributed by atoms with van der Waals surface area (Å²) < 4.78 is 0. The van der Waals surface area contributed by atoms with Crippen LogP contribution in [-0.4, -0.2) is 52.8 Å². The quantitative estimate of drug-likeness (QED) is 0.594. The molecule has 0 aliphatic heterocycles. The molecule has 2 aromatic carbocycles. The third kappa shape index (κ3) is 3.99. The molecule has 0 aliphatic carbocycles. The Hall–Kier alpha value is -1.68. The van der Waals surface area contributed by atoms with Gasteiger partial charge in [-0.3, -0.25) is 9.80 Å². The first kappa shape index (κ1) is 17.7. The van der Waals surface area contributed by atoms with Crippen molar-refractivity contribution in [3.8, 4) is 0 Å². The van der Waals surface area contributed by atoms with Gasteiger partial charge in [-0.1, -0.05) is 66.4 Å². The number of hydrogen-bond acceptors (Lipinski definition) is 2. The van der Waals surface area contributed by atoms with E-state index >= 15 is 0 Å². The molecule has 3 heteroatoms. The first-order valence-electron chi connectivity index (χ1n) is 8.03. The third-order valence-electron chi connectivity index (χ3n) is 4.89. The van der Waals surface area contributed by atoms with E-state index in [4.69, 9.17) is 0 Å². The van der Waals surface area contributed by atoms with Gasteiger partial charge in [-0.05, 0) is 51.8 Å². The number of hydrogen-bond donors (Lipinski definition) is 0. The maximum atomic E-state index is 4.25. The Balaban J connectivity index is 2.18. The molecule has 0 unspecified atom stereocenters. The lowest BCUT2D eigenvalue weighted by Gasteiger charge is -2.42. The summed E-state index contributed by atoms with van der Waals surface area (Å²) in [6, 6.07) is 19.4. The van der Waals surface area contributed by atoms with Crippen LogP contribution in [0.15, 0.2) is 61.2 Å². The maximum absolute atomic E-state index is 4.25. The summed E-state index contributed by atoms with van der Waals surface area (Å²) in [5.41, 5.74) is 3.47. The van der Waals surface area contributed by atoms with E-state index in [-0.39, 0.29) is 5.29 Å². The van der Waals surface area contributed by atoms with E-state index in [1.54, 1.807) is 0 Å². The van der Waals surface area contributed by atoms with E-state index in [1.807, 2.05) is 6.07 Å². The molecule has 0 aliphatic rings. The zero-order valence-electron chi connectivity index (χ0n) is 15.0. The lowest BCUT2D eigenvalue weighted by Crippen LogP contribution is -2.60. The van der Waals surface area contributed by atoms with Crippen molar-refractivity contribution in [1.82, 2.24) is 9.80 Å². The van der Waals surface area contributed by atoms with E-state index in [2.05, 4.69) is 100 Å². The minimum absolute atomic E-state index is 0.137. The molecule has 2 aromatic rings. The van der Waals surface area contributed by atoms with Crippen molar-refractivity contribution in [2.45, 2.75) is 12.2 Å². The van der Waals surface area contributed by atoms with Gasteiger partial charge in [0, 0.05) is 0 Å². The van der Waals surface area contributed by atoms with Crippen LogP contribution in [0.3, 0.4) is 0 Å². The van der Waals surface area contributed by atoms with Crippen molar-refractivity contribution in [3.63, 3.8) is 0 Å². The molecule has 0 bridgehead atoms. The van der Waals surface area contributed by atoms with Gasteiger partial charge in [0.1, 0.15) is 0 Å². The van der Waals surface area contributed by atoms with E-state index in [0.29, 0.717) is 0 Å². The minimum Gasteiger partial charge on any atom is -0.295 e. The van der Waals surface area contributed by atoms with Crippen LogP contribution in [0.1, 0.15) is 18.1 Å². The van der Waals surface area contributed by atoms with E-state index < -0.39 is 9.52 Å². The minimum atomic E-state index is -0.470. The lowest BCUT2D eigenvalue weighted by atomic mass is 10.00. The summed E-state index contributed by atoms with van der Waals surface area (Å²) in [7, 11) is 8.19. The van der Waals surface area contributed by atoms with E-state index in [9.17, 15) is 0 Å². The van der Waals surface area contributed by atoms with Gasteiger partial charge < -0.3 is 0 Å². The Morgan fingerprint density at radius 1 is 0.826 bits per heavy atom. The summed E-state index contributed by atoms with van der Waals surface area (Å²) in [6.07, 6.45) is 0. The summed E-state index contributed by atoms with van der Waals surface area (Å²) in [5.74, 6) is 0. The Bertz CT molecular complexity index is 637. The molecule has 0 amide bonds.